The molecule has 2 N–H and O–H groups in total. The molecule has 2 aromatic carbocycles. The van der Waals surface area contributed by atoms with Crippen LogP contribution in [0.3, 0.4) is 0 Å². The molecule has 0 amide bonds. The van der Waals surface area contributed by atoms with Gasteiger partial charge in [-0.1, -0.05) is 35.3 Å². The Labute approximate surface area is 211 Å². The van der Waals surface area contributed by atoms with E-state index in [1.807, 2.05) is 0 Å². The first-order valence-corrected chi connectivity index (χ1v) is 12.3. The number of aryl methyl sites for hydroxylation is 1. The molecular weight excluding hydrogens is 493 g/mol. The molecule has 1 fully saturated rings. The molecule has 0 radical (unpaired) electrons. The van der Waals surface area contributed by atoms with Crippen molar-refractivity contribution in [3.63, 3.8) is 0 Å². The van der Waals surface area contributed by atoms with E-state index in [0.717, 1.165) is 44.5 Å². The number of hydrogen-bond donors (Lipinski definition) is 2. The molecule has 6 nitrogen and oxygen atoms in total. The molecule has 35 heavy (non-hydrogen) atoms. The van der Waals surface area contributed by atoms with Crippen molar-refractivity contribution in [2.45, 2.75) is 32.4 Å². The summed E-state index contributed by atoms with van der Waals surface area (Å²) >= 11 is 13.1. The second kappa shape index (κ2) is 10.4. The number of fused-ring (bicyclic) bond motifs is 1. The summed E-state index contributed by atoms with van der Waals surface area (Å²) in [5.41, 5.74) is 2.53. The van der Waals surface area contributed by atoms with E-state index in [9.17, 15) is 8.78 Å². The molecule has 10 heteroatoms. The third-order valence-corrected chi connectivity index (χ3v) is 6.96. The molecule has 1 aliphatic heterocycles. The fourth-order valence-corrected chi connectivity index (χ4v) is 5.00. The van der Waals surface area contributed by atoms with Gasteiger partial charge in [-0.25, -0.2) is 18.7 Å². The van der Waals surface area contributed by atoms with E-state index in [-0.39, 0.29) is 6.54 Å². The molecule has 182 valence electrons. The molecule has 0 unspecified atom stereocenters. The lowest BCUT2D eigenvalue weighted by Crippen LogP contribution is -2.28. The minimum atomic E-state index is -0.891. The van der Waals surface area contributed by atoms with Crippen molar-refractivity contribution < 1.29 is 8.78 Å². The van der Waals surface area contributed by atoms with Crippen molar-refractivity contribution in [3.05, 3.63) is 69.8 Å². The topological polar surface area (TPSA) is 67.7 Å². The number of aromatic nitrogens is 4. The van der Waals surface area contributed by atoms with Gasteiger partial charge < -0.3 is 15.2 Å². The summed E-state index contributed by atoms with van der Waals surface area (Å²) < 4.78 is 28.8. The predicted octanol–water partition coefficient (Wildman–Crippen LogP) is 6.08. The van der Waals surface area contributed by atoms with E-state index < -0.39 is 11.6 Å². The maximum atomic E-state index is 13.6. The Balaban J connectivity index is 1.49. The number of nitrogens with one attached hydrogen (secondary N) is 2. The number of piperidine rings is 1. The second-order valence-corrected chi connectivity index (χ2v) is 9.48. The van der Waals surface area contributed by atoms with Crippen LogP contribution < -0.4 is 10.6 Å². The van der Waals surface area contributed by atoms with Gasteiger partial charge >= 0.3 is 0 Å². The van der Waals surface area contributed by atoms with Crippen molar-refractivity contribution in [2.75, 3.05) is 18.4 Å². The zero-order chi connectivity index (χ0) is 24.4. The number of anilines is 1. The lowest BCUT2D eigenvalue weighted by molar-refractivity contribution is 0.339. The third-order valence-electron chi connectivity index (χ3n) is 6.33. The van der Waals surface area contributed by atoms with E-state index in [4.69, 9.17) is 33.2 Å². The first-order valence-electron chi connectivity index (χ1n) is 11.6. The molecule has 0 atom stereocenters. The van der Waals surface area contributed by atoms with Crippen LogP contribution in [0.4, 0.5) is 14.7 Å². The Morgan fingerprint density at radius 1 is 1.03 bits per heavy atom. The standard InChI is InChI=1S/C25H24Cl2F2N6/c26-17-2-1-3-18(27)22(17)24-33-21-14-32-25(31-13-16-4-5-19(28)20(29)12-16)34-23(21)35(24)11-8-15-6-9-30-10-7-15/h1-5,12,14-15,30H,6-11,13H2,(H,31,32,34). The minimum Gasteiger partial charge on any atom is -0.350 e. The van der Waals surface area contributed by atoms with Gasteiger partial charge in [0.15, 0.2) is 17.3 Å². The van der Waals surface area contributed by atoms with Gasteiger partial charge in [0.2, 0.25) is 5.95 Å². The number of hydrogen-bond acceptors (Lipinski definition) is 5. The Morgan fingerprint density at radius 2 is 1.80 bits per heavy atom. The molecule has 3 heterocycles. The quantitative estimate of drug-likeness (QED) is 0.311. The monoisotopic (exact) mass is 516 g/mol. The lowest BCUT2D eigenvalue weighted by atomic mass is 9.95. The minimum absolute atomic E-state index is 0.245. The van der Waals surface area contributed by atoms with Gasteiger partial charge in [-0.05, 0) is 68.1 Å². The van der Waals surface area contributed by atoms with E-state index in [1.165, 1.54) is 6.07 Å². The van der Waals surface area contributed by atoms with Crippen LogP contribution >= 0.6 is 23.2 Å². The first-order chi connectivity index (χ1) is 17.0. The van der Waals surface area contributed by atoms with Crippen LogP contribution in [-0.2, 0) is 13.1 Å². The highest BCUT2D eigenvalue weighted by Crippen LogP contribution is 2.36. The van der Waals surface area contributed by atoms with Gasteiger partial charge in [0.1, 0.15) is 11.3 Å². The Kier molecular flexibility index (Phi) is 7.13. The van der Waals surface area contributed by atoms with Crippen molar-refractivity contribution in [1.82, 2.24) is 24.8 Å². The molecule has 0 saturated carbocycles. The maximum absolute atomic E-state index is 13.6. The largest absolute Gasteiger partial charge is 0.350 e. The van der Waals surface area contributed by atoms with Gasteiger partial charge in [0.05, 0.1) is 21.8 Å². The molecule has 4 aromatic rings. The number of halogens is 4. The van der Waals surface area contributed by atoms with Crippen LogP contribution in [0, 0.1) is 17.6 Å². The van der Waals surface area contributed by atoms with Crippen LogP contribution in [0.5, 0.6) is 0 Å². The van der Waals surface area contributed by atoms with Gasteiger partial charge in [-0.3, -0.25) is 0 Å². The van der Waals surface area contributed by atoms with E-state index in [0.29, 0.717) is 56.6 Å². The molecule has 0 spiro atoms. The normalized spacial score (nSPS) is 14.5. The van der Waals surface area contributed by atoms with E-state index in [2.05, 4.69) is 20.2 Å². The van der Waals surface area contributed by atoms with Gasteiger partial charge in [-0.15, -0.1) is 0 Å². The van der Waals surface area contributed by atoms with Crippen LogP contribution in [0.25, 0.3) is 22.6 Å². The van der Waals surface area contributed by atoms with Crippen molar-refractivity contribution in [3.8, 4) is 11.4 Å². The second-order valence-electron chi connectivity index (χ2n) is 8.67. The van der Waals surface area contributed by atoms with Crippen molar-refractivity contribution in [2.24, 2.45) is 5.92 Å². The fraction of sp³-hybridized carbons (Fsp3) is 0.320. The number of benzene rings is 2. The molecule has 1 saturated heterocycles. The number of nitrogens with zero attached hydrogens (tertiary/aromatic N) is 4. The van der Waals surface area contributed by atoms with Crippen LogP contribution in [0.15, 0.2) is 42.6 Å². The average Bonchev–Trinajstić information content (AvgIpc) is 3.21. The molecule has 2 aromatic heterocycles. The fourth-order valence-electron chi connectivity index (χ4n) is 4.43. The van der Waals surface area contributed by atoms with Crippen molar-refractivity contribution >= 4 is 40.3 Å². The summed E-state index contributed by atoms with van der Waals surface area (Å²) in [5.74, 6) is -0.150. The van der Waals surface area contributed by atoms with E-state index >= 15 is 0 Å². The number of imidazole rings is 1. The molecule has 0 bridgehead atoms. The molecule has 1 aliphatic rings. The third kappa shape index (κ3) is 5.24. The van der Waals surface area contributed by atoms with Crippen LogP contribution in [0.2, 0.25) is 10.0 Å². The molecule has 5 rings (SSSR count). The highest BCUT2D eigenvalue weighted by molar-refractivity contribution is 6.39. The maximum Gasteiger partial charge on any atom is 0.225 e. The summed E-state index contributed by atoms with van der Waals surface area (Å²) in [7, 11) is 0. The predicted molar refractivity (Wildman–Crippen MR) is 135 cm³/mol. The van der Waals surface area contributed by atoms with Crippen LogP contribution in [0.1, 0.15) is 24.8 Å². The van der Waals surface area contributed by atoms with Crippen molar-refractivity contribution in [1.29, 1.82) is 0 Å². The smallest absolute Gasteiger partial charge is 0.225 e. The summed E-state index contributed by atoms with van der Waals surface area (Å²) in [6.45, 7) is 3.00. The van der Waals surface area contributed by atoms with Gasteiger partial charge in [-0.2, -0.15) is 4.98 Å². The Hall–Kier alpha value is -2.81. The summed E-state index contributed by atoms with van der Waals surface area (Å²) in [4.78, 5) is 13.9. The Morgan fingerprint density at radius 3 is 2.54 bits per heavy atom. The summed E-state index contributed by atoms with van der Waals surface area (Å²) in [5, 5.41) is 7.52. The zero-order valence-corrected chi connectivity index (χ0v) is 20.4. The average molecular weight is 517 g/mol. The van der Waals surface area contributed by atoms with Gasteiger partial charge in [0.25, 0.3) is 0 Å². The SMILES string of the molecule is Fc1ccc(CNc2ncc3nc(-c4c(Cl)cccc4Cl)n(CCC4CCNCC4)c3n2)cc1F. The number of rotatable bonds is 7. The zero-order valence-electron chi connectivity index (χ0n) is 18.9. The lowest BCUT2D eigenvalue weighted by Gasteiger charge is -2.23. The highest BCUT2D eigenvalue weighted by atomic mass is 35.5. The van der Waals surface area contributed by atoms with E-state index in [1.54, 1.807) is 24.4 Å². The summed E-state index contributed by atoms with van der Waals surface area (Å²) in [6.07, 6.45) is 4.88. The molecular formula is C25H24Cl2F2N6. The molecule has 0 aliphatic carbocycles. The van der Waals surface area contributed by atoms with Crippen LogP contribution in [-0.4, -0.2) is 32.6 Å². The van der Waals surface area contributed by atoms with Gasteiger partial charge in [0, 0.05) is 13.1 Å². The first kappa shape index (κ1) is 23.9. The summed E-state index contributed by atoms with van der Waals surface area (Å²) in [6, 6.07) is 9.16. The Bertz CT molecular complexity index is 1330. The highest BCUT2D eigenvalue weighted by Gasteiger charge is 2.21.